The van der Waals surface area contributed by atoms with Gasteiger partial charge in [-0.1, -0.05) is 0 Å². The molecule has 0 aliphatic carbocycles. The van der Waals surface area contributed by atoms with Crippen LogP contribution in [0.5, 0.6) is 0 Å². The number of nitrogens with one attached hydrogen (secondary N) is 1. The molecular formula is C17H24N4O3S. The number of ether oxygens (including phenoxy) is 1. The van der Waals surface area contributed by atoms with Gasteiger partial charge in [-0.05, 0) is 33.9 Å². The molecule has 0 saturated heterocycles. The third kappa shape index (κ3) is 4.90. The van der Waals surface area contributed by atoms with E-state index in [1.54, 1.807) is 13.0 Å². The molecule has 0 fully saturated rings. The SMILES string of the molecule is CCOC(=O)c1cc(C)sc1NC(=O)CN(C)Cc1cnn(C)c1C. The summed E-state index contributed by atoms with van der Waals surface area (Å²) in [6.45, 7) is 6.78. The molecule has 2 heterocycles. The second-order valence-electron chi connectivity index (χ2n) is 5.92. The van der Waals surface area contributed by atoms with Crippen LogP contribution in [0.3, 0.4) is 0 Å². The minimum absolute atomic E-state index is 0.170. The number of anilines is 1. The zero-order valence-corrected chi connectivity index (χ0v) is 16.1. The molecule has 0 atom stereocenters. The maximum atomic E-state index is 12.3. The summed E-state index contributed by atoms with van der Waals surface area (Å²) in [5.74, 6) is -0.585. The molecule has 0 aromatic carbocycles. The highest BCUT2D eigenvalue weighted by Gasteiger charge is 2.18. The Morgan fingerprint density at radius 3 is 2.72 bits per heavy atom. The van der Waals surface area contributed by atoms with Crippen LogP contribution in [0.1, 0.15) is 33.4 Å². The number of aromatic nitrogens is 2. The van der Waals surface area contributed by atoms with Crippen LogP contribution in [0.25, 0.3) is 0 Å². The van der Waals surface area contributed by atoms with Crippen LogP contribution in [-0.2, 0) is 23.1 Å². The lowest BCUT2D eigenvalue weighted by molar-refractivity contribution is -0.117. The van der Waals surface area contributed by atoms with Crippen molar-refractivity contribution in [2.75, 3.05) is 25.5 Å². The zero-order valence-electron chi connectivity index (χ0n) is 15.3. The van der Waals surface area contributed by atoms with E-state index in [2.05, 4.69) is 10.4 Å². The first-order valence-electron chi connectivity index (χ1n) is 8.05. The highest BCUT2D eigenvalue weighted by atomic mass is 32.1. The van der Waals surface area contributed by atoms with Crippen molar-refractivity contribution < 1.29 is 14.3 Å². The van der Waals surface area contributed by atoms with Crippen molar-refractivity contribution in [3.63, 3.8) is 0 Å². The van der Waals surface area contributed by atoms with E-state index >= 15 is 0 Å². The van der Waals surface area contributed by atoms with Gasteiger partial charge in [0.2, 0.25) is 5.91 Å². The molecule has 0 aliphatic heterocycles. The number of amides is 1. The number of nitrogens with zero attached hydrogens (tertiary/aromatic N) is 3. The summed E-state index contributed by atoms with van der Waals surface area (Å²) < 4.78 is 6.84. The van der Waals surface area contributed by atoms with Crippen molar-refractivity contribution >= 4 is 28.2 Å². The van der Waals surface area contributed by atoms with Gasteiger partial charge in [-0.25, -0.2) is 4.79 Å². The van der Waals surface area contributed by atoms with E-state index in [0.29, 0.717) is 23.7 Å². The van der Waals surface area contributed by atoms with Crippen LogP contribution in [0.15, 0.2) is 12.3 Å². The normalized spacial score (nSPS) is 11.0. The third-order valence-electron chi connectivity index (χ3n) is 3.79. The van der Waals surface area contributed by atoms with E-state index < -0.39 is 5.97 Å². The molecule has 0 saturated carbocycles. The zero-order chi connectivity index (χ0) is 18.6. The number of thiophene rings is 1. The fourth-order valence-corrected chi connectivity index (χ4v) is 3.34. The smallest absolute Gasteiger partial charge is 0.341 e. The number of rotatable bonds is 7. The van der Waals surface area contributed by atoms with E-state index in [0.717, 1.165) is 16.1 Å². The van der Waals surface area contributed by atoms with Crippen LogP contribution < -0.4 is 5.32 Å². The molecule has 2 aromatic rings. The Labute approximate surface area is 151 Å². The minimum atomic E-state index is -0.415. The van der Waals surface area contributed by atoms with Crippen LogP contribution in [-0.4, -0.2) is 46.8 Å². The van der Waals surface area contributed by atoms with Gasteiger partial charge >= 0.3 is 5.97 Å². The Kier molecular flexibility index (Phi) is 6.33. The molecule has 0 unspecified atom stereocenters. The molecule has 2 aromatic heterocycles. The molecule has 0 bridgehead atoms. The number of hydrogen-bond donors (Lipinski definition) is 1. The average Bonchev–Trinajstić information content (AvgIpc) is 3.04. The molecule has 1 amide bonds. The average molecular weight is 364 g/mol. The van der Waals surface area contributed by atoms with Crippen molar-refractivity contribution in [2.45, 2.75) is 27.3 Å². The molecule has 0 spiro atoms. The quantitative estimate of drug-likeness (QED) is 0.763. The predicted molar refractivity (Wildman–Crippen MR) is 97.9 cm³/mol. The molecule has 7 nitrogen and oxygen atoms in total. The lowest BCUT2D eigenvalue weighted by Gasteiger charge is -2.16. The monoisotopic (exact) mass is 364 g/mol. The number of carbonyl (C=O) groups is 2. The second kappa shape index (κ2) is 8.26. The lowest BCUT2D eigenvalue weighted by atomic mass is 10.2. The van der Waals surface area contributed by atoms with Gasteiger partial charge in [0.05, 0.1) is 24.9 Å². The summed E-state index contributed by atoms with van der Waals surface area (Å²) in [4.78, 5) is 27.2. The molecule has 25 heavy (non-hydrogen) atoms. The van der Waals surface area contributed by atoms with Gasteiger partial charge in [0.25, 0.3) is 0 Å². The maximum absolute atomic E-state index is 12.3. The Bertz CT molecular complexity index is 766. The largest absolute Gasteiger partial charge is 0.462 e. The first-order valence-corrected chi connectivity index (χ1v) is 8.86. The van der Waals surface area contributed by atoms with E-state index in [4.69, 9.17) is 4.74 Å². The summed E-state index contributed by atoms with van der Waals surface area (Å²) in [5.41, 5.74) is 2.56. The van der Waals surface area contributed by atoms with Crippen molar-refractivity contribution in [1.29, 1.82) is 0 Å². The van der Waals surface area contributed by atoms with E-state index in [-0.39, 0.29) is 12.5 Å². The van der Waals surface area contributed by atoms with Gasteiger partial charge in [-0.2, -0.15) is 5.10 Å². The molecular weight excluding hydrogens is 340 g/mol. The molecule has 2 rings (SSSR count). The summed E-state index contributed by atoms with van der Waals surface area (Å²) in [6.07, 6.45) is 1.81. The molecule has 136 valence electrons. The van der Waals surface area contributed by atoms with Gasteiger partial charge in [-0.3, -0.25) is 14.4 Å². The van der Waals surface area contributed by atoms with E-state index in [1.165, 1.54) is 11.3 Å². The van der Waals surface area contributed by atoms with Crippen molar-refractivity contribution in [3.05, 3.63) is 34.0 Å². The van der Waals surface area contributed by atoms with Crippen LogP contribution in [0, 0.1) is 13.8 Å². The highest BCUT2D eigenvalue weighted by Crippen LogP contribution is 2.28. The van der Waals surface area contributed by atoms with Gasteiger partial charge in [0.15, 0.2) is 0 Å². The van der Waals surface area contributed by atoms with Crippen LogP contribution in [0.4, 0.5) is 5.00 Å². The first-order chi connectivity index (χ1) is 11.8. The summed E-state index contributed by atoms with van der Waals surface area (Å²) in [5, 5.41) is 7.56. The fraction of sp³-hybridized carbons (Fsp3) is 0.471. The van der Waals surface area contributed by atoms with E-state index in [9.17, 15) is 9.59 Å². The van der Waals surface area contributed by atoms with Crippen molar-refractivity contribution in [1.82, 2.24) is 14.7 Å². The van der Waals surface area contributed by atoms with Crippen molar-refractivity contribution in [2.24, 2.45) is 7.05 Å². The Hall–Kier alpha value is -2.19. The number of likely N-dealkylation sites (N-methyl/N-ethyl adjacent to an activating group) is 1. The summed E-state index contributed by atoms with van der Waals surface area (Å²) in [6, 6.07) is 1.74. The second-order valence-corrected chi connectivity index (χ2v) is 7.18. The molecule has 0 aliphatic rings. The first kappa shape index (κ1) is 19.1. The molecule has 8 heteroatoms. The third-order valence-corrected chi connectivity index (χ3v) is 4.76. The number of hydrogen-bond acceptors (Lipinski definition) is 6. The topological polar surface area (TPSA) is 76.5 Å². The van der Waals surface area contributed by atoms with Crippen LogP contribution >= 0.6 is 11.3 Å². The molecule has 0 radical (unpaired) electrons. The lowest BCUT2D eigenvalue weighted by Crippen LogP contribution is -2.30. The summed E-state index contributed by atoms with van der Waals surface area (Å²) >= 11 is 1.37. The van der Waals surface area contributed by atoms with Gasteiger partial charge in [-0.15, -0.1) is 11.3 Å². The van der Waals surface area contributed by atoms with Gasteiger partial charge < -0.3 is 10.1 Å². The fourth-order valence-electron chi connectivity index (χ4n) is 2.42. The molecule has 1 N–H and O–H groups in total. The Morgan fingerprint density at radius 1 is 1.40 bits per heavy atom. The van der Waals surface area contributed by atoms with Gasteiger partial charge in [0, 0.05) is 29.7 Å². The Morgan fingerprint density at radius 2 is 2.12 bits per heavy atom. The number of carbonyl (C=O) groups excluding carboxylic acids is 2. The summed E-state index contributed by atoms with van der Waals surface area (Å²) in [7, 11) is 3.76. The number of esters is 1. The highest BCUT2D eigenvalue weighted by molar-refractivity contribution is 7.16. The maximum Gasteiger partial charge on any atom is 0.341 e. The Balaban J connectivity index is 1.98. The van der Waals surface area contributed by atoms with Gasteiger partial charge in [0.1, 0.15) is 5.00 Å². The van der Waals surface area contributed by atoms with Crippen molar-refractivity contribution in [3.8, 4) is 0 Å². The minimum Gasteiger partial charge on any atom is -0.462 e. The predicted octanol–water partition coefficient (Wildman–Crippen LogP) is 2.35. The van der Waals surface area contributed by atoms with E-state index in [1.807, 2.05) is 43.7 Å². The number of aryl methyl sites for hydroxylation is 2. The van der Waals surface area contributed by atoms with Crippen LogP contribution in [0.2, 0.25) is 0 Å². The standard InChI is InChI=1S/C17H24N4O3S/c1-6-24-17(23)14-7-11(2)25-16(14)19-15(22)10-20(4)9-13-8-18-21(5)12(13)3/h7-8H,6,9-10H2,1-5H3,(H,19,22).